The van der Waals surface area contributed by atoms with Crippen molar-refractivity contribution in [2.75, 3.05) is 20.1 Å². The first-order chi connectivity index (χ1) is 13.8. The van der Waals surface area contributed by atoms with Crippen LogP contribution < -0.4 is 16.0 Å². The van der Waals surface area contributed by atoms with Gasteiger partial charge in [0.05, 0.1) is 12.1 Å². The molecule has 2 aromatic rings. The van der Waals surface area contributed by atoms with E-state index in [0.29, 0.717) is 24.6 Å². The quantitative estimate of drug-likeness (QED) is 0.356. The number of halogens is 1. The minimum absolute atomic E-state index is 0.142. The molecule has 0 aliphatic carbocycles. The van der Waals surface area contributed by atoms with Crippen LogP contribution >= 0.6 is 0 Å². The number of aromatic nitrogens is 2. The highest BCUT2D eigenvalue weighted by molar-refractivity contribution is 5.80. The van der Waals surface area contributed by atoms with E-state index in [1.807, 2.05) is 18.7 Å². The number of rotatable bonds is 8. The van der Waals surface area contributed by atoms with E-state index in [9.17, 15) is 9.18 Å². The number of guanidine groups is 1. The van der Waals surface area contributed by atoms with E-state index < -0.39 is 0 Å². The number of hydrogen-bond donors (Lipinski definition) is 3. The van der Waals surface area contributed by atoms with E-state index in [2.05, 4.69) is 39.9 Å². The van der Waals surface area contributed by atoms with Gasteiger partial charge in [-0.25, -0.2) is 4.39 Å². The predicted octanol–water partition coefficient (Wildman–Crippen LogP) is 1.63. The molecular formula is C21H31FN6O. The summed E-state index contributed by atoms with van der Waals surface area (Å²) in [5.74, 6) is 0.199. The van der Waals surface area contributed by atoms with Gasteiger partial charge in [-0.2, -0.15) is 5.10 Å². The molecule has 1 atom stereocenters. The second-order valence-corrected chi connectivity index (χ2v) is 7.18. The molecule has 0 bridgehead atoms. The highest BCUT2D eigenvalue weighted by Gasteiger charge is 2.14. The lowest BCUT2D eigenvalue weighted by atomic mass is 10.1. The van der Waals surface area contributed by atoms with E-state index in [-0.39, 0.29) is 24.2 Å². The third-order valence-electron chi connectivity index (χ3n) is 4.77. The largest absolute Gasteiger partial charge is 0.355 e. The van der Waals surface area contributed by atoms with Gasteiger partial charge >= 0.3 is 0 Å². The van der Waals surface area contributed by atoms with Crippen molar-refractivity contribution in [2.24, 2.45) is 12.0 Å². The van der Waals surface area contributed by atoms with Crippen molar-refractivity contribution in [2.45, 2.75) is 39.7 Å². The van der Waals surface area contributed by atoms with E-state index >= 15 is 0 Å². The minimum Gasteiger partial charge on any atom is -0.355 e. The van der Waals surface area contributed by atoms with Crippen molar-refractivity contribution in [3.63, 3.8) is 0 Å². The van der Waals surface area contributed by atoms with Crippen molar-refractivity contribution >= 4 is 11.9 Å². The molecule has 1 heterocycles. The number of nitrogens with zero attached hydrogens (tertiary/aromatic N) is 3. The molecule has 1 unspecified atom stereocenters. The molecule has 8 heteroatoms. The first-order valence-electron chi connectivity index (χ1n) is 9.77. The molecule has 0 aliphatic rings. The lowest BCUT2D eigenvalue weighted by Gasteiger charge is -2.18. The molecule has 1 aromatic heterocycles. The van der Waals surface area contributed by atoms with Gasteiger partial charge in [0.25, 0.3) is 0 Å². The summed E-state index contributed by atoms with van der Waals surface area (Å²) in [4.78, 5) is 16.2. The predicted molar refractivity (Wildman–Crippen MR) is 113 cm³/mol. The average molecular weight is 403 g/mol. The van der Waals surface area contributed by atoms with Crippen molar-refractivity contribution in [3.8, 4) is 0 Å². The van der Waals surface area contributed by atoms with Crippen LogP contribution in [0.3, 0.4) is 0 Å². The molecule has 7 nitrogen and oxygen atoms in total. The van der Waals surface area contributed by atoms with Gasteiger partial charge in [0.15, 0.2) is 5.96 Å². The molecule has 0 saturated heterocycles. The Bertz CT molecular complexity index is 861. The first kappa shape index (κ1) is 22.4. The first-order valence-corrected chi connectivity index (χ1v) is 9.77. The number of aliphatic imine (C=N–C) groups is 1. The maximum absolute atomic E-state index is 13.2. The van der Waals surface area contributed by atoms with E-state index in [1.165, 1.54) is 23.4 Å². The van der Waals surface area contributed by atoms with Crippen LogP contribution in [0.15, 0.2) is 29.3 Å². The topological polar surface area (TPSA) is 83.3 Å². The summed E-state index contributed by atoms with van der Waals surface area (Å²) in [6.07, 6.45) is 1.00. The Kier molecular flexibility index (Phi) is 8.18. The van der Waals surface area contributed by atoms with Crippen molar-refractivity contribution in [1.29, 1.82) is 0 Å². The smallest absolute Gasteiger partial charge is 0.224 e. The number of carbonyl (C=O) groups is 1. The van der Waals surface area contributed by atoms with Crippen molar-refractivity contribution in [3.05, 3.63) is 52.6 Å². The van der Waals surface area contributed by atoms with Crippen LogP contribution in [0.25, 0.3) is 0 Å². The van der Waals surface area contributed by atoms with Crippen LogP contribution in [-0.4, -0.2) is 47.8 Å². The minimum atomic E-state index is -0.336. The van der Waals surface area contributed by atoms with Gasteiger partial charge in [-0.3, -0.25) is 14.5 Å². The summed E-state index contributed by atoms with van der Waals surface area (Å²) in [6.45, 7) is 7.17. The van der Waals surface area contributed by atoms with Gasteiger partial charge < -0.3 is 16.0 Å². The fraction of sp³-hybridized carbons (Fsp3) is 0.476. The lowest BCUT2D eigenvalue weighted by Crippen LogP contribution is -2.45. The highest BCUT2D eigenvalue weighted by Crippen LogP contribution is 2.14. The molecule has 158 valence electrons. The summed E-state index contributed by atoms with van der Waals surface area (Å²) < 4.78 is 15.1. The molecule has 0 fully saturated rings. The molecule has 3 N–H and O–H groups in total. The Morgan fingerprint density at radius 2 is 2.00 bits per heavy atom. The molecule has 1 amide bonds. The Balaban J connectivity index is 1.72. The van der Waals surface area contributed by atoms with Crippen LogP contribution in [0.4, 0.5) is 4.39 Å². The number of aryl methyl sites for hydroxylation is 2. The van der Waals surface area contributed by atoms with E-state index in [0.717, 1.165) is 12.1 Å². The summed E-state index contributed by atoms with van der Waals surface area (Å²) in [7, 11) is 3.66. The molecule has 0 saturated carbocycles. The third kappa shape index (κ3) is 6.89. The number of hydrogen-bond acceptors (Lipinski definition) is 3. The van der Waals surface area contributed by atoms with Crippen molar-refractivity contribution < 1.29 is 9.18 Å². The lowest BCUT2D eigenvalue weighted by molar-refractivity contribution is -0.120. The normalized spacial score (nSPS) is 12.6. The molecule has 0 aliphatic heterocycles. The third-order valence-corrected chi connectivity index (χ3v) is 4.77. The maximum atomic E-state index is 13.2. The highest BCUT2D eigenvalue weighted by atomic mass is 19.1. The summed E-state index contributed by atoms with van der Waals surface area (Å²) >= 11 is 0. The Labute approximate surface area is 171 Å². The van der Waals surface area contributed by atoms with Gasteiger partial charge in [-0.05, 0) is 50.5 Å². The molecule has 0 radical (unpaired) electrons. The van der Waals surface area contributed by atoms with Crippen LogP contribution in [-0.2, 0) is 24.7 Å². The fourth-order valence-electron chi connectivity index (χ4n) is 3.18. The Morgan fingerprint density at radius 1 is 1.28 bits per heavy atom. The fourth-order valence-corrected chi connectivity index (χ4v) is 3.18. The van der Waals surface area contributed by atoms with Gasteiger partial charge in [-0.15, -0.1) is 0 Å². The van der Waals surface area contributed by atoms with Gasteiger partial charge in [-0.1, -0.05) is 12.1 Å². The van der Waals surface area contributed by atoms with E-state index in [1.54, 1.807) is 19.2 Å². The standard InChI is InChI=1S/C21H31FN6O/c1-14(11-19-15(2)27-28(5)16(19)3)26-21(23-4)25-10-9-24-20(29)13-17-7-6-8-18(22)12-17/h6-8,12,14H,9-11,13H2,1-5H3,(H,24,29)(H2,23,25,26). The zero-order valence-corrected chi connectivity index (χ0v) is 17.8. The molecule has 29 heavy (non-hydrogen) atoms. The van der Waals surface area contributed by atoms with Crippen LogP contribution in [0.2, 0.25) is 0 Å². The maximum Gasteiger partial charge on any atom is 0.224 e. The second kappa shape index (κ2) is 10.6. The van der Waals surface area contributed by atoms with Crippen LogP contribution in [0.1, 0.15) is 29.4 Å². The van der Waals surface area contributed by atoms with Gasteiger partial charge in [0.1, 0.15) is 5.82 Å². The monoisotopic (exact) mass is 402 g/mol. The molecule has 2 rings (SSSR count). The van der Waals surface area contributed by atoms with Crippen molar-refractivity contribution in [1.82, 2.24) is 25.7 Å². The van der Waals surface area contributed by atoms with Crippen LogP contribution in [0.5, 0.6) is 0 Å². The average Bonchev–Trinajstić information content (AvgIpc) is 2.90. The molecule has 0 spiro atoms. The Morgan fingerprint density at radius 3 is 2.62 bits per heavy atom. The van der Waals surface area contributed by atoms with Gasteiger partial charge in [0, 0.05) is 38.9 Å². The van der Waals surface area contributed by atoms with Gasteiger partial charge in [0.2, 0.25) is 5.91 Å². The summed E-state index contributed by atoms with van der Waals surface area (Å²) in [5, 5.41) is 13.8. The van der Waals surface area contributed by atoms with Crippen LogP contribution in [0, 0.1) is 19.7 Å². The second-order valence-electron chi connectivity index (χ2n) is 7.18. The number of amides is 1. The summed E-state index contributed by atoms with van der Waals surface area (Å²) in [6, 6.07) is 6.24. The zero-order chi connectivity index (χ0) is 21.4. The SMILES string of the molecule is CN=C(NCCNC(=O)Cc1cccc(F)c1)NC(C)Cc1c(C)nn(C)c1C. The number of nitrogens with one attached hydrogen (secondary N) is 3. The molecular weight excluding hydrogens is 371 g/mol. The number of carbonyl (C=O) groups excluding carboxylic acids is 1. The molecule has 1 aromatic carbocycles. The summed E-state index contributed by atoms with van der Waals surface area (Å²) in [5.41, 5.74) is 4.11. The van der Waals surface area contributed by atoms with E-state index in [4.69, 9.17) is 0 Å². The number of benzene rings is 1. The zero-order valence-electron chi connectivity index (χ0n) is 17.8. The Hall–Kier alpha value is -2.90.